The Hall–Kier alpha value is -0.540. The number of benzene rings is 1. The van der Waals surface area contributed by atoms with Crippen LogP contribution in [0.3, 0.4) is 0 Å². The van der Waals surface area contributed by atoms with E-state index in [1.807, 2.05) is 0 Å². The fraction of sp³-hybridized carbons (Fsp3) is 0.600. The molecule has 1 aromatic rings. The highest BCUT2D eigenvalue weighted by Crippen LogP contribution is 2.29. The second-order valence-corrected chi connectivity index (χ2v) is 5.61. The zero-order valence-electron chi connectivity index (χ0n) is 11.8. The number of halogens is 1. The topological polar surface area (TPSA) is 21.3 Å². The van der Waals surface area contributed by atoms with E-state index in [2.05, 4.69) is 67.1 Å². The molecular weight excluding hydrogens is 290 g/mol. The Morgan fingerprint density at radius 3 is 2.61 bits per heavy atom. The molecule has 0 radical (unpaired) electrons. The summed E-state index contributed by atoms with van der Waals surface area (Å²) in [7, 11) is 0. The number of rotatable bonds is 7. The SMILES string of the molecule is CCCNC(C)c1ccc(Br)cc1OC(C)CC. The van der Waals surface area contributed by atoms with Crippen molar-refractivity contribution in [2.24, 2.45) is 0 Å². The minimum Gasteiger partial charge on any atom is -0.490 e. The first-order chi connectivity index (χ1) is 8.58. The van der Waals surface area contributed by atoms with Crippen LogP contribution in [0.5, 0.6) is 5.75 Å². The molecule has 1 N–H and O–H groups in total. The molecule has 0 aliphatic carbocycles. The van der Waals surface area contributed by atoms with E-state index in [4.69, 9.17) is 4.74 Å². The Labute approximate surface area is 119 Å². The first-order valence-corrected chi connectivity index (χ1v) is 7.57. The lowest BCUT2D eigenvalue weighted by Crippen LogP contribution is -2.21. The molecule has 1 aromatic carbocycles. The molecule has 3 heteroatoms. The second kappa shape index (κ2) is 7.80. The van der Waals surface area contributed by atoms with Gasteiger partial charge in [0.1, 0.15) is 5.75 Å². The Morgan fingerprint density at radius 1 is 1.28 bits per heavy atom. The number of hydrogen-bond donors (Lipinski definition) is 1. The van der Waals surface area contributed by atoms with E-state index in [1.54, 1.807) is 0 Å². The first kappa shape index (κ1) is 15.5. The molecule has 0 amide bonds. The minimum absolute atomic E-state index is 0.247. The van der Waals surface area contributed by atoms with Crippen LogP contribution in [-0.2, 0) is 0 Å². The smallest absolute Gasteiger partial charge is 0.125 e. The summed E-state index contributed by atoms with van der Waals surface area (Å²) >= 11 is 3.51. The van der Waals surface area contributed by atoms with Crippen LogP contribution in [0.1, 0.15) is 52.1 Å². The summed E-state index contributed by atoms with van der Waals surface area (Å²) in [6.07, 6.45) is 2.40. The first-order valence-electron chi connectivity index (χ1n) is 6.77. The molecule has 102 valence electrons. The molecule has 2 atom stereocenters. The van der Waals surface area contributed by atoms with E-state index >= 15 is 0 Å². The molecule has 18 heavy (non-hydrogen) atoms. The predicted molar refractivity (Wildman–Crippen MR) is 81.2 cm³/mol. The van der Waals surface area contributed by atoms with Crippen molar-refractivity contribution in [2.45, 2.75) is 52.7 Å². The summed E-state index contributed by atoms with van der Waals surface area (Å²) in [5, 5.41) is 3.50. The van der Waals surface area contributed by atoms with Crippen molar-refractivity contribution >= 4 is 15.9 Å². The van der Waals surface area contributed by atoms with Crippen molar-refractivity contribution in [3.05, 3.63) is 28.2 Å². The highest BCUT2D eigenvalue weighted by molar-refractivity contribution is 9.10. The average molecular weight is 314 g/mol. The van der Waals surface area contributed by atoms with E-state index in [0.717, 1.165) is 29.6 Å². The molecule has 0 saturated carbocycles. The van der Waals surface area contributed by atoms with Crippen molar-refractivity contribution in [1.82, 2.24) is 5.32 Å². The van der Waals surface area contributed by atoms with Crippen molar-refractivity contribution in [3.8, 4) is 5.75 Å². The van der Waals surface area contributed by atoms with Gasteiger partial charge in [0.25, 0.3) is 0 Å². The monoisotopic (exact) mass is 313 g/mol. The van der Waals surface area contributed by atoms with Gasteiger partial charge in [-0.05, 0) is 45.4 Å². The molecule has 0 fully saturated rings. The third-order valence-corrected chi connectivity index (χ3v) is 3.54. The largest absolute Gasteiger partial charge is 0.490 e. The number of nitrogens with one attached hydrogen (secondary N) is 1. The van der Waals surface area contributed by atoms with Crippen LogP contribution < -0.4 is 10.1 Å². The summed E-state index contributed by atoms with van der Waals surface area (Å²) < 4.78 is 7.07. The standard InChI is InChI=1S/C15H24BrNO/c1-5-9-17-12(4)14-8-7-13(16)10-15(14)18-11(3)6-2/h7-8,10-12,17H,5-6,9H2,1-4H3. The van der Waals surface area contributed by atoms with Crippen LogP contribution in [0.25, 0.3) is 0 Å². The number of ether oxygens (including phenoxy) is 1. The van der Waals surface area contributed by atoms with Gasteiger partial charge in [0.15, 0.2) is 0 Å². The van der Waals surface area contributed by atoms with E-state index in [9.17, 15) is 0 Å². The molecule has 0 spiro atoms. The van der Waals surface area contributed by atoms with Crippen LogP contribution in [0.4, 0.5) is 0 Å². The van der Waals surface area contributed by atoms with Crippen LogP contribution >= 0.6 is 15.9 Å². The summed E-state index contributed by atoms with van der Waals surface area (Å²) in [5.74, 6) is 0.981. The maximum Gasteiger partial charge on any atom is 0.125 e. The molecule has 0 aliphatic rings. The normalized spacial score (nSPS) is 14.3. The quantitative estimate of drug-likeness (QED) is 0.788. The van der Waals surface area contributed by atoms with Gasteiger partial charge in [-0.3, -0.25) is 0 Å². The Balaban J connectivity index is 2.88. The molecule has 0 aliphatic heterocycles. The molecule has 0 saturated heterocycles. The van der Waals surface area contributed by atoms with Gasteiger partial charge in [-0.1, -0.05) is 35.8 Å². The van der Waals surface area contributed by atoms with Gasteiger partial charge in [-0.2, -0.15) is 0 Å². The molecular formula is C15H24BrNO. The Kier molecular flexibility index (Phi) is 6.72. The van der Waals surface area contributed by atoms with Crippen molar-refractivity contribution in [3.63, 3.8) is 0 Å². The molecule has 0 heterocycles. The molecule has 0 bridgehead atoms. The summed E-state index contributed by atoms with van der Waals surface area (Å²) in [5.41, 5.74) is 1.23. The van der Waals surface area contributed by atoms with Gasteiger partial charge in [-0.15, -0.1) is 0 Å². The van der Waals surface area contributed by atoms with Crippen LogP contribution in [0.2, 0.25) is 0 Å². The van der Waals surface area contributed by atoms with Gasteiger partial charge in [0.2, 0.25) is 0 Å². The van der Waals surface area contributed by atoms with Gasteiger partial charge in [-0.25, -0.2) is 0 Å². The fourth-order valence-corrected chi connectivity index (χ4v) is 2.08. The lowest BCUT2D eigenvalue weighted by molar-refractivity contribution is 0.213. The third-order valence-electron chi connectivity index (χ3n) is 3.05. The molecule has 2 unspecified atom stereocenters. The van der Waals surface area contributed by atoms with Crippen LogP contribution in [-0.4, -0.2) is 12.6 Å². The third kappa shape index (κ3) is 4.62. The zero-order valence-corrected chi connectivity index (χ0v) is 13.4. The summed E-state index contributed by atoms with van der Waals surface area (Å²) in [6.45, 7) is 9.64. The molecule has 1 rings (SSSR count). The van der Waals surface area contributed by atoms with Gasteiger partial charge >= 0.3 is 0 Å². The second-order valence-electron chi connectivity index (χ2n) is 4.69. The van der Waals surface area contributed by atoms with Gasteiger partial charge in [0.05, 0.1) is 6.10 Å². The Morgan fingerprint density at radius 2 is 2.00 bits per heavy atom. The summed E-state index contributed by atoms with van der Waals surface area (Å²) in [4.78, 5) is 0. The zero-order chi connectivity index (χ0) is 13.5. The van der Waals surface area contributed by atoms with Crippen LogP contribution in [0, 0.1) is 0 Å². The van der Waals surface area contributed by atoms with E-state index in [-0.39, 0.29) is 6.10 Å². The van der Waals surface area contributed by atoms with Gasteiger partial charge in [0, 0.05) is 16.1 Å². The summed E-state index contributed by atoms with van der Waals surface area (Å²) in [6, 6.07) is 6.58. The van der Waals surface area contributed by atoms with Crippen molar-refractivity contribution in [2.75, 3.05) is 6.54 Å². The lowest BCUT2D eigenvalue weighted by Gasteiger charge is -2.21. The lowest BCUT2D eigenvalue weighted by atomic mass is 10.1. The molecule has 2 nitrogen and oxygen atoms in total. The minimum atomic E-state index is 0.247. The van der Waals surface area contributed by atoms with E-state index < -0.39 is 0 Å². The molecule has 0 aromatic heterocycles. The van der Waals surface area contributed by atoms with Crippen molar-refractivity contribution in [1.29, 1.82) is 0 Å². The highest BCUT2D eigenvalue weighted by Gasteiger charge is 2.13. The van der Waals surface area contributed by atoms with Crippen molar-refractivity contribution < 1.29 is 4.74 Å². The van der Waals surface area contributed by atoms with Gasteiger partial charge < -0.3 is 10.1 Å². The van der Waals surface area contributed by atoms with E-state index in [0.29, 0.717) is 6.04 Å². The maximum atomic E-state index is 6.01. The highest BCUT2D eigenvalue weighted by atomic mass is 79.9. The maximum absolute atomic E-state index is 6.01. The van der Waals surface area contributed by atoms with E-state index in [1.165, 1.54) is 5.56 Å². The predicted octanol–water partition coefficient (Wildman–Crippen LogP) is 4.69. The fourth-order valence-electron chi connectivity index (χ4n) is 1.74. The number of hydrogen-bond acceptors (Lipinski definition) is 2. The average Bonchev–Trinajstić information content (AvgIpc) is 2.36. The van der Waals surface area contributed by atoms with Crippen LogP contribution in [0.15, 0.2) is 22.7 Å². The Bertz CT molecular complexity index is 368.